The first kappa shape index (κ1) is 11.4. The van der Waals surface area contributed by atoms with Gasteiger partial charge in [0.1, 0.15) is 5.38 Å². The molecule has 1 unspecified atom stereocenters. The normalized spacial score (nSPS) is 14.2. The molecule has 0 aliphatic rings. The van der Waals surface area contributed by atoms with Crippen LogP contribution in [-0.4, -0.2) is 20.2 Å². The predicted octanol–water partition coefficient (Wildman–Crippen LogP) is 2.60. The molecule has 0 aliphatic heterocycles. The van der Waals surface area contributed by atoms with Gasteiger partial charge in [0, 0.05) is 0 Å². The van der Waals surface area contributed by atoms with Gasteiger partial charge in [-0.1, -0.05) is 41.4 Å². The van der Waals surface area contributed by atoms with Crippen molar-refractivity contribution in [3.05, 3.63) is 12.2 Å². The number of carboxylic acids is 1. The van der Waals surface area contributed by atoms with Crippen molar-refractivity contribution in [3.8, 4) is 0 Å². The molecule has 64 valence electrons. The Morgan fingerprint density at radius 1 is 1.45 bits per heavy atom. The van der Waals surface area contributed by atoms with Crippen LogP contribution in [0.4, 0.5) is 0 Å². The highest BCUT2D eigenvalue weighted by Gasteiger charge is 2.35. The van der Waals surface area contributed by atoms with Crippen molar-refractivity contribution in [1.82, 2.24) is 0 Å². The summed E-state index contributed by atoms with van der Waals surface area (Å²) >= 11 is 21.3. The second kappa shape index (κ2) is 3.85. The Balaban J connectivity index is 4.38. The molecule has 0 amide bonds. The molecule has 0 saturated heterocycles. The summed E-state index contributed by atoms with van der Waals surface area (Å²) in [5, 5.41) is 7.14. The van der Waals surface area contributed by atoms with E-state index < -0.39 is 15.1 Å². The van der Waals surface area contributed by atoms with E-state index in [1.54, 1.807) is 0 Å². The van der Waals surface area contributed by atoms with E-state index in [0.717, 1.165) is 0 Å². The molecule has 0 aromatic carbocycles. The van der Waals surface area contributed by atoms with E-state index in [2.05, 4.69) is 6.58 Å². The second-order valence-electron chi connectivity index (χ2n) is 1.73. The van der Waals surface area contributed by atoms with Crippen LogP contribution in [0.25, 0.3) is 0 Å². The van der Waals surface area contributed by atoms with E-state index in [-0.39, 0.29) is 5.57 Å². The van der Waals surface area contributed by atoms with Gasteiger partial charge in [-0.3, -0.25) is 0 Å². The molecule has 0 radical (unpaired) electrons. The molecule has 0 spiro atoms. The Morgan fingerprint density at radius 3 is 1.91 bits per heavy atom. The van der Waals surface area contributed by atoms with E-state index in [1.165, 1.54) is 0 Å². The van der Waals surface area contributed by atoms with Crippen molar-refractivity contribution in [3.63, 3.8) is 0 Å². The first-order valence-electron chi connectivity index (χ1n) is 2.39. The van der Waals surface area contributed by atoms with Gasteiger partial charge < -0.3 is 5.11 Å². The minimum Gasteiger partial charge on any atom is -0.478 e. The zero-order valence-electron chi connectivity index (χ0n) is 5.15. The molecule has 0 aromatic heterocycles. The molecule has 0 saturated carbocycles. The monoisotopic (exact) mass is 236 g/mol. The van der Waals surface area contributed by atoms with E-state index in [0.29, 0.717) is 0 Å². The average Bonchev–Trinajstić information content (AvgIpc) is 1.82. The third-order valence-corrected chi connectivity index (χ3v) is 2.45. The fourth-order valence-corrected chi connectivity index (χ4v) is 0.794. The molecular formula is C5H4Cl4O2. The number of halogens is 4. The van der Waals surface area contributed by atoms with Gasteiger partial charge >= 0.3 is 5.97 Å². The smallest absolute Gasteiger partial charge is 0.332 e. The van der Waals surface area contributed by atoms with Crippen molar-refractivity contribution in [1.29, 1.82) is 0 Å². The fraction of sp³-hybridized carbons (Fsp3) is 0.400. The minimum atomic E-state index is -1.84. The summed E-state index contributed by atoms with van der Waals surface area (Å²) in [4.78, 5) is 10.2. The summed E-state index contributed by atoms with van der Waals surface area (Å²) in [6.45, 7) is 3.14. The molecule has 6 heteroatoms. The molecule has 1 atom stereocenters. The first-order chi connectivity index (χ1) is 4.76. The van der Waals surface area contributed by atoms with Crippen molar-refractivity contribution >= 4 is 52.4 Å². The Kier molecular flexibility index (Phi) is 3.98. The lowest BCUT2D eigenvalue weighted by Gasteiger charge is -2.17. The molecule has 0 bridgehead atoms. The molecule has 0 fully saturated rings. The van der Waals surface area contributed by atoms with Crippen LogP contribution < -0.4 is 0 Å². The van der Waals surface area contributed by atoms with Crippen LogP contribution in [0, 0.1) is 0 Å². The molecule has 0 heterocycles. The van der Waals surface area contributed by atoms with Crippen molar-refractivity contribution in [2.45, 2.75) is 9.17 Å². The quantitative estimate of drug-likeness (QED) is 0.592. The SMILES string of the molecule is C=C(C(=O)O)C(Cl)C(Cl)(Cl)Cl. The van der Waals surface area contributed by atoms with Crippen molar-refractivity contribution in [2.24, 2.45) is 0 Å². The maximum Gasteiger partial charge on any atom is 0.332 e. The highest BCUT2D eigenvalue weighted by atomic mass is 35.6. The molecule has 2 nitrogen and oxygen atoms in total. The van der Waals surface area contributed by atoms with Crippen molar-refractivity contribution < 1.29 is 9.90 Å². The topological polar surface area (TPSA) is 37.3 Å². The maximum atomic E-state index is 10.2. The average molecular weight is 238 g/mol. The lowest BCUT2D eigenvalue weighted by atomic mass is 10.2. The lowest BCUT2D eigenvalue weighted by molar-refractivity contribution is -0.132. The number of aliphatic carboxylic acids is 1. The summed E-state index contributed by atoms with van der Waals surface area (Å²) in [5.74, 6) is -1.28. The third-order valence-electron chi connectivity index (χ3n) is 0.868. The number of alkyl halides is 4. The molecule has 0 rings (SSSR count). The van der Waals surface area contributed by atoms with Crippen LogP contribution in [0.1, 0.15) is 0 Å². The van der Waals surface area contributed by atoms with Crippen LogP contribution in [0.3, 0.4) is 0 Å². The number of hydrogen-bond acceptors (Lipinski definition) is 1. The predicted molar refractivity (Wildman–Crippen MR) is 46.7 cm³/mol. The maximum absolute atomic E-state index is 10.2. The zero-order chi connectivity index (χ0) is 9.23. The van der Waals surface area contributed by atoms with E-state index in [1.807, 2.05) is 0 Å². The summed E-state index contributed by atoms with van der Waals surface area (Å²) in [6.07, 6.45) is 0. The number of carboxylic acid groups (broad SMARTS) is 1. The van der Waals surface area contributed by atoms with Crippen LogP contribution >= 0.6 is 46.4 Å². The van der Waals surface area contributed by atoms with Gasteiger partial charge in [0.25, 0.3) is 0 Å². The van der Waals surface area contributed by atoms with Gasteiger partial charge in [0.2, 0.25) is 3.79 Å². The largest absolute Gasteiger partial charge is 0.478 e. The summed E-state index contributed by atoms with van der Waals surface area (Å²) < 4.78 is -1.84. The summed E-state index contributed by atoms with van der Waals surface area (Å²) in [5.41, 5.74) is -0.341. The van der Waals surface area contributed by atoms with Gasteiger partial charge in [-0.05, 0) is 0 Å². The highest BCUT2D eigenvalue weighted by Crippen LogP contribution is 2.37. The van der Waals surface area contributed by atoms with Crippen LogP contribution in [0.15, 0.2) is 12.2 Å². The van der Waals surface area contributed by atoms with Crippen LogP contribution in [-0.2, 0) is 4.79 Å². The molecule has 0 aromatic rings. The number of rotatable bonds is 2. The van der Waals surface area contributed by atoms with Crippen molar-refractivity contribution in [2.75, 3.05) is 0 Å². The van der Waals surface area contributed by atoms with Crippen LogP contribution in [0.2, 0.25) is 0 Å². The highest BCUT2D eigenvalue weighted by molar-refractivity contribution is 6.70. The molecule has 11 heavy (non-hydrogen) atoms. The van der Waals surface area contributed by atoms with E-state index in [4.69, 9.17) is 51.5 Å². The Labute approximate surface area is 83.7 Å². The minimum absolute atomic E-state index is 0.341. The number of hydrogen-bond donors (Lipinski definition) is 1. The molecule has 1 N–H and O–H groups in total. The van der Waals surface area contributed by atoms with Gasteiger partial charge in [0.05, 0.1) is 5.57 Å². The Bertz CT molecular complexity index is 183. The number of carbonyl (C=O) groups is 1. The Morgan fingerprint density at radius 2 is 1.82 bits per heavy atom. The molecule has 0 aliphatic carbocycles. The van der Waals surface area contributed by atoms with Gasteiger partial charge in [0.15, 0.2) is 0 Å². The first-order valence-corrected chi connectivity index (χ1v) is 3.96. The van der Waals surface area contributed by atoms with Gasteiger partial charge in [-0.15, -0.1) is 11.6 Å². The van der Waals surface area contributed by atoms with Gasteiger partial charge in [-0.25, -0.2) is 4.79 Å². The van der Waals surface area contributed by atoms with E-state index in [9.17, 15) is 4.79 Å². The molecular weight excluding hydrogens is 234 g/mol. The third kappa shape index (κ3) is 3.52. The Hall–Kier alpha value is 0.370. The van der Waals surface area contributed by atoms with Crippen LogP contribution in [0.5, 0.6) is 0 Å². The summed E-state index contributed by atoms with van der Waals surface area (Å²) in [6, 6.07) is 0. The summed E-state index contributed by atoms with van der Waals surface area (Å²) in [7, 11) is 0. The van der Waals surface area contributed by atoms with Gasteiger partial charge in [-0.2, -0.15) is 0 Å². The second-order valence-corrected chi connectivity index (χ2v) is 4.54. The fourth-order valence-electron chi connectivity index (χ4n) is 0.306. The standard InChI is InChI=1S/C5H4Cl4O2/c1-2(4(10)11)3(6)5(7,8)9/h3H,1H2,(H,10,11). The van der Waals surface area contributed by atoms with E-state index >= 15 is 0 Å². The zero-order valence-corrected chi connectivity index (χ0v) is 8.18. The lowest BCUT2D eigenvalue weighted by Crippen LogP contribution is -2.25.